The first-order chi connectivity index (χ1) is 11.8. The SMILES string of the molecule is C=CC(=O)N1CCC[C@H](NC(=O)C(F)(F)F)[C@@H]1c1ccccc1OC. The molecule has 1 aromatic rings. The molecule has 0 aromatic heterocycles. The van der Waals surface area contributed by atoms with Gasteiger partial charge in [-0.05, 0) is 25.0 Å². The van der Waals surface area contributed by atoms with E-state index in [1.165, 1.54) is 12.0 Å². The van der Waals surface area contributed by atoms with Gasteiger partial charge in [0.15, 0.2) is 0 Å². The first-order valence-corrected chi connectivity index (χ1v) is 7.73. The van der Waals surface area contributed by atoms with Crippen LogP contribution in [0.15, 0.2) is 36.9 Å². The molecule has 1 fully saturated rings. The second-order valence-corrected chi connectivity index (χ2v) is 5.64. The number of hydrogen-bond donors (Lipinski definition) is 1. The van der Waals surface area contributed by atoms with Gasteiger partial charge in [-0.2, -0.15) is 13.2 Å². The van der Waals surface area contributed by atoms with Crippen LogP contribution >= 0.6 is 0 Å². The molecule has 1 aliphatic heterocycles. The van der Waals surface area contributed by atoms with Crippen LogP contribution in [0.2, 0.25) is 0 Å². The minimum atomic E-state index is -4.99. The molecule has 0 saturated carbocycles. The van der Waals surface area contributed by atoms with Gasteiger partial charge in [0.2, 0.25) is 5.91 Å². The van der Waals surface area contributed by atoms with Crippen LogP contribution in [0.1, 0.15) is 24.4 Å². The first kappa shape index (κ1) is 18.8. The van der Waals surface area contributed by atoms with Crippen molar-refractivity contribution in [3.05, 3.63) is 42.5 Å². The molecule has 0 spiro atoms. The van der Waals surface area contributed by atoms with E-state index in [1.807, 2.05) is 5.32 Å². The Balaban J connectivity index is 2.44. The molecule has 0 radical (unpaired) electrons. The largest absolute Gasteiger partial charge is 0.496 e. The van der Waals surface area contributed by atoms with Gasteiger partial charge in [-0.1, -0.05) is 24.8 Å². The van der Waals surface area contributed by atoms with Gasteiger partial charge in [0.05, 0.1) is 19.2 Å². The summed E-state index contributed by atoms with van der Waals surface area (Å²) < 4.78 is 43.3. The van der Waals surface area contributed by atoms with Crippen molar-refractivity contribution in [1.82, 2.24) is 10.2 Å². The highest BCUT2D eigenvalue weighted by Gasteiger charge is 2.43. The van der Waals surface area contributed by atoms with E-state index >= 15 is 0 Å². The maximum absolute atomic E-state index is 12.7. The molecule has 1 aliphatic rings. The monoisotopic (exact) mass is 356 g/mol. The Kier molecular flexibility index (Phi) is 5.71. The molecule has 1 saturated heterocycles. The molecular weight excluding hydrogens is 337 g/mol. The third kappa shape index (κ3) is 4.12. The smallest absolute Gasteiger partial charge is 0.471 e. The van der Waals surface area contributed by atoms with Crippen molar-refractivity contribution in [3.8, 4) is 5.75 Å². The Bertz CT molecular complexity index is 661. The van der Waals surface area contributed by atoms with E-state index in [0.717, 1.165) is 6.08 Å². The van der Waals surface area contributed by atoms with Gasteiger partial charge in [-0.25, -0.2) is 0 Å². The lowest BCUT2D eigenvalue weighted by Gasteiger charge is -2.42. The fourth-order valence-corrected chi connectivity index (χ4v) is 3.06. The number of amides is 2. The maximum atomic E-state index is 12.7. The molecule has 0 unspecified atom stereocenters. The number of para-hydroxylation sites is 1. The van der Waals surface area contributed by atoms with Crippen molar-refractivity contribution in [2.75, 3.05) is 13.7 Å². The number of benzene rings is 1. The molecule has 0 bridgehead atoms. The molecule has 1 heterocycles. The van der Waals surface area contributed by atoms with Gasteiger partial charge in [0, 0.05) is 12.1 Å². The van der Waals surface area contributed by atoms with Crippen LogP contribution in [0.4, 0.5) is 13.2 Å². The Morgan fingerprint density at radius 1 is 1.36 bits per heavy atom. The van der Waals surface area contributed by atoms with E-state index in [2.05, 4.69) is 6.58 Å². The predicted molar refractivity (Wildman–Crippen MR) is 84.9 cm³/mol. The number of nitrogens with zero attached hydrogens (tertiary/aromatic N) is 1. The minimum Gasteiger partial charge on any atom is -0.496 e. The summed E-state index contributed by atoms with van der Waals surface area (Å²) in [6, 6.07) is 5.08. The Morgan fingerprint density at radius 2 is 2.04 bits per heavy atom. The molecule has 2 rings (SSSR count). The minimum absolute atomic E-state index is 0.311. The van der Waals surface area contributed by atoms with Crippen LogP contribution in [0, 0.1) is 0 Å². The number of nitrogens with one attached hydrogen (secondary N) is 1. The molecule has 2 amide bonds. The summed E-state index contributed by atoms with van der Waals surface area (Å²) in [4.78, 5) is 25.0. The van der Waals surface area contributed by atoms with E-state index in [0.29, 0.717) is 30.7 Å². The van der Waals surface area contributed by atoms with E-state index in [-0.39, 0.29) is 0 Å². The third-order valence-electron chi connectivity index (χ3n) is 4.12. The van der Waals surface area contributed by atoms with Crippen molar-refractivity contribution in [3.63, 3.8) is 0 Å². The zero-order valence-corrected chi connectivity index (χ0v) is 13.7. The lowest BCUT2D eigenvalue weighted by Crippen LogP contribution is -2.54. The molecule has 1 N–H and O–H groups in total. The second kappa shape index (κ2) is 7.58. The lowest BCUT2D eigenvalue weighted by atomic mass is 9.89. The third-order valence-corrected chi connectivity index (χ3v) is 4.12. The number of carbonyl (C=O) groups excluding carboxylic acids is 2. The van der Waals surface area contributed by atoms with Gasteiger partial charge in [0.1, 0.15) is 5.75 Å². The van der Waals surface area contributed by atoms with E-state index in [4.69, 9.17) is 4.74 Å². The Hall–Kier alpha value is -2.51. The zero-order valence-electron chi connectivity index (χ0n) is 13.7. The van der Waals surface area contributed by atoms with Crippen LogP contribution in [-0.4, -0.2) is 42.6 Å². The number of carbonyl (C=O) groups is 2. The van der Waals surface area contributed by atoms with Crippen LogP contribution < -0.4 is 10.1 Å². The van der Waals surface area contributed by atoms with Gasteiger partial charge in [-0.3, -0.25) is 9.59 Å². The summed E-state index contributed by atoms with van der Waals surface area (Å²) in [5.41, 5.74) is 0.535. The highest BCUT2D eigenvalue weighted by atomic mass is 19.4. The van der Waals surface area contributed by atoms with Crippen LogP contribution in [0.25, 0.3) is 0 Å². The Morgan fingerprint density at radius 3 is 2.64 bits per heavy atom. The number of likely N-dealkylation sites (tertiary alicyclic amines) is 1. The van der Waals surface area contributed by atoms with Gasteiger partial charge < -0.3 is 15.0 Å². The van der Waals surface area contributed by atoms with Gasteiger partial charge in [-0.15, -0.1) is 0 Å². The average Bonchev–Trinajstić information content (AvgIpc) is 2.60. The number of ether oxygens (including phenoxy) is 1. The lowest BCUT2D eigenvalue weighted by molar-refractivity contribution is -0.175. The molecule has 25 heavy (non-hydrogen) atoms. The van der Waals surface area contributed by atoms with Crippen molar-refractivity contribution < 1.29 is 27.5 Å². The topological polar surface area (TPSA) is 58.6 Å². The summed E-state index contributed by atoms with van der Waals surface area (Å²) >= 11 is 0. The van der Waals surface area contributed by atoms with Crippen molar-refractivity contribution in [2.45, 2.75) is 31.1 Å². The fourth-order valence-electron chi connectivity index (χ4n) is 3.06. The zero-order chi connectivity index (χ0) is 18.6. The molecule has 136 valence electrons. The first-order valence-electron chi connectivity index (χ1n) is 7.73. The normalized spacial score (nSPS) is 20.7. The molecule has 0 aliphatic carbocycles. The van der Waals surface area contributed by atoms with E-state index in [1.54, 1.807) is 24.3 Å². The van der Waals surface area contributed by atoms with Crippen LogP contribution in [-0.2, 0) is 9.59 Å². The Labute approximate surface area is 143 Å². The molecule has 8 heteroatoms. The van der Waals surface area contributed by atoms with E-state index < -0.39 is 30.1 Å². The summed E-state index contributed by atoms with van der Waals surface area (Å²) in [6.07, 6.45) is -3.11. The van der Waals surface area contributed by atoms with Gasteiger partial charge in [0.25, 0.3) is 0 Å². The van der Waals surface area contributed by atoms with Gasteiger partial charge >= 0.3 is 12.1 Å². The van der Waals surface area contributed by atoms with Crippen molar-refractivity contribution in [1.29, 1.82) is 0 Å². The van der Waals surface area contributed by atoms with E-state index in [9.17, 15) is 22.8 Å². The fraction of sp³-hybridized carbons (Fsp3) is 0.412. The number of halogens is 3. The number of alkyl halides is 3. The predicted octanol–water partition coefficient (Wildman–Crippen LogP) is 2.59. The maximum Gasteiger partial charge on any atom is 0.471 e. The molecule has 1 aromatic carbocycles. The number of hydrogen-bond acceptors (Lipinski definition) is 3. The number of methoxy groups -OCH3 is 1. The summed E-state index contributed by atoms with van der Waals surface area (Å²) in [5, 5.41) is 2.02. The second-order valence-electron chi connectivity index (χ2n) is 5.64. The summed E-state index contributed by atoms with van der Waals surface area (Å²) in [5.74, 6) is -2.00. The van der Waals surface area contributed by atoms with Crippen molar-refractivity contribution >= 4 is 11.8 Å². The summed E-state index contributed by atoms with van der Waals surface area (Å²) in [7, 11) is 1.44. The van der Waals surface area contributed by atoms with Crippen LogP contribution in [0.3, 0.4) is 0 Å². The standard InChI is InChI=1S/C17H19F3N2O3/c1-3-14(23)22-10-6-8-12(21-16(24)17(18,19)20)15(22)11-7-4-5-9-13(11)25-2/h3-5,7,9,12,15H,1,6,8,10H2,2H3,(H,21,24)/t12-,15-/m0/s1. The van der Waals surface area contributed by atoms with Crippen molar-refractivity contribution in [2.24, 2.45) is 0 Å². The average molecular weight is 356 g/mol. The quantitative estimate of drug-likeness (QED) is 0.844. The van der Waals surface area contributed by atoms with Crippen LogP contribution in [0.5, 0.6) is 5.75 Å². The molecular formula is C17H19F3N2O3. The highest BCUT2D eigenvalue weighted by molar-refractivity contribution is 5.88. The molecule has 5 nitrogen and oxygen atoms in total. The highest BCUT2D eigenvalue weighted by Crippen LogP contribution is 2.37. The number of piperidine rings is 1. The number of rotatable bonds is 4. The summed E-state index contributed by atoms with van der Waals surface area (Å²) in [6.45, 7) is 3.80. The molecule has 2 atom stereocenters.